The van der Waals surface area contributed by atoms with Crippen molar-refractivity contribution in [2.75, 3.05) is 6.54 Å². The van der Waals surface area contributed by atoms with Crippen LogP contribution in [0.25, 0.3) is 0 Å². The number of hydrogen-bond donors (Lipinski definition) is 1. The second-order valence-electron chi connectivity index (χ2n) is 5.24. The molecule has 1 heterocycles. The zero-order valence-corrected chi connectivity index (χ0v) is 13.3. The first-order chi connectivity index (χ1) is 10.3. The summed E-state index contributed by atoms with van der Waals surface area (Å²) in [6.07, 6.45) is 5.65. The second kappa shape index (κ2) is 6.77. The molecule has 0 atom stereocenters. The molecular weight excluding hydrogens is 306 g/mol. The number of halogens is 1. The van der Waals surface area contributed by atoms with E-state index in [0.717, 1.165) is 34.3 Å². The van der Waals surface area contributed by atoms with E-state index < -0.39 is 0 Å². The molecule has 7 heteroatoms. The van der Waals surface area contributed by atoms with E-state index in [-0.39, 0.29) is 0 Å². The van der Waals surface area contributed by atoms with Gasteiger partial charge in [-0.2, -0.15) is 0 Å². The molecule has 5 nitrogen and oxygen atoms in total. The Balaban J connectivity index is 1.86. The minimum Gasteiger partial charge on any atom is -0.330 e. The Hall–Kier alpha value is -1.11. The monoisotopic (exact) mass is 323 g/mol. The Morgan fingerprint density at radius 1 is 1.33 bits per heavy atom. The number of aromatic nitrogens is 4. The van der Waals surface area contributed by atoms with Gasteiger partial charge in [-0.1, -0.05) is 30.5 Å². The lowest BCUT2D eigenvalue weighted by atomic mass is 10.1. The summed E-state index contributed by atoms with van der Waals surface area (Å²) in [5.41, 5.74) is 6.87. The Bertz CT molecular complexity index is 609. The van der Waals surface area contributed by atoms with Gasteiger partial charge in [-0.25, -0.2) is 4.68 Å². The van der Waals surface area contributed by atoms with Crippen molar-refractivity contribution in [1.82, 2.24) is 20.2 Å². The Kier molecular flexibility index (Phi) is 4.77. The molecule has 1 aromatic carbocycles. The van der Waals surface area contributed by atoms with Crippen molar-refractivity contribution in [3.63, 3.8) is 0 Å². The molecule has 0 amide bonds. The van der Waals surface area contributed by atoms with Crippen molar-refractivity contribution in [3.8, 4) is 0 Å². The van der Waals surface area contributed by atoms with Gasteiger partial charge in [0.05, 0.1) is 6.04 Å². The van der Waals surface area contributed by atoms with Gasteiger partial charge >= 0.3 is 0 Å². The zero-order chi connectivity index (χ0) is 14.7. The van der Waals surface area contributed by atoms with E-state index in [1.807, 2.05) is 22.9 Å². The first-order valence-corrected chi connectivity index (χ1v) is 8.41. The van der Waals surface area contributed by atoms with Gasteiger partial charge in [-0.15, -0.1) is 5.10 Å². The van der Waals surface area contributed by atoms with Gasteiger partial charge in [0.2, 0.25) is 5.16 Å². The number of tetrazole rings is 1. The normalized spacial score (nSPS) is 15.7. The molecule has 2 aromatic rings. The molecule has 1 aliphatic rings. The van der Waals surface area contributed by atoms with Crippen molar-refractivity contribution < 1.29 is 0 Å². The third kappa shape index (κ3) is 3.39. The van der Waals surface area contributed by atoms with E-state index in [4.69, 9.17) is 17.3 Å². The van der Waals surface area contributed by atoms with E-state index >= 15 is 0 Å². The van der Waals surface area contributed by atoms with Crippen molar-refractivity contribution in [2.45, 2.75) is 48.2 Å². The highest BCUT2D eigenvalue weighted by atomic mass is 35.5. The summed E-state index contributed by atoms with van der Waals surface area (Å²) in [5, 5.41) is 13.7. The maximum Gasteiger partial charge on any atom is 0.214 e. The predicted molar refractivity (Wildman–Crippen MR) is 83.7 cm³/mol. The molecule has 21 heavy (non-hydrogen) atoms. The highest BCUT2D eigenvalue weighted by Gasteiger charge is 2.22. The van der Waals surface area contributed by atoms with E-state index in [1.54, 1.807) is 11.8 Å². The summed E-state index contributed by atoms with van der Waals surface area (Å²) in [7, 11) is 0. The first kappa shape index (κ1) is 14.8. The van der Waals surface area contributed by atoms with Crippen LogP contribution in [0.4, 0.5) is 0 Å². The standard InChI is InChI=1S/C14H18ClN5S/c15-11-6-5-10(7-8-16)13(9-11)21-14-17-18-19-20(14)12-3-1-2-4-12/h5-6,9,12H,1-4,7-8,16H2. The molecule has 0 saturated heterocycles. The van der Waals surface area contributed by atoms with Crippen molar-refractivity contribution in [1.29, 1.82) is 0 Å². The van der Waals surface area contributed by atoms with Crippen LogP contribution in [0.1, 0.15) is 37.3 Å². The van der Waals surface area contributed by atoms with Gasteiger partial charge in [0.1, 0.15) is 0 Å². The maximum absolute atomic E-state index is 6.12. The van der Waals surface area contributed by atoms with Crippen LogP contribution in [0.2, 0.25) is 5.02 Å². The summed E-state index contributed by atoms with van der Waals surface area (Å²) in [4.78, 5) is 1.09. The van der Waals surface area contributed by atoms with E-state index in [1.165, 1.54) is 18.4 Å². The van der Waals surface area contributed by atoms with Crippen LogP contribution in [0.3, 0.4) is 0 Å². The summed E-state index contributed by atoms with van der Waals surface area (Å²) in [6, 6.07) is 6.32. The van der Waals surface area contributed by atoms with Crippen LogP contribution in [0.5, 0.6) is 0 Å². The summed E-state index contributed by atoms with van der Waals surface area (Å²) in [6.45, 7) is 0.614. The van der Waals surface area contributed by atoms with Crippen LogP contribution in [-0.2, 0) is 6.42 Å². The molecule has 2 N–H and O–H groups in total. The van der Waals surface area contributed by atoms with Gasteiger partial charge < -0.3 is 5.73 Å². The lowest BCUT2D eigenvalue weighted by Crippen LogP contribution is -2.08. The molecule has 0 unspecified atom stereocenters. The lowest BCUT2D eigenvalue weighted by molar-refractivity contribution is 0.423. The topological polar surface area (TPSA) is 69.6 Å². The van der Waals surface area contributed by atoms with Crippen LogP contribution in [0.15, 0.2) is 28.3 Å². The number of benzene rings is 1. The van der Waals surface area contributed by atoms with Crippen LogP contribution in [0, 0.1) is 0 Å². The molecule has 0 bridgehead atoms. The fraction of sp³-hybridized carbons (Fsp3) is 0.500. The third-order valence-electron chi connectivity index (χ3n) is 3.78. The molecule has 0 aliphatic heterocycles. The predicted octanol–water partition coefficient (Wildman–Crippen LogP) is 3.09. The average molecular weight is 324 g/mol. The van der Waals surface area contributed by atoms with Gasteiger partial charge in [0, 0.05) is 9.92 Å². The quantitative estimate of drug-likeness (QED) is 0.915. The molecule has 1 saturated carbocycles. The van der Waals surface area contributed by atoms with Crippen molar-refractivity contribution in [2.24, 2.45) is 5.73 Å². The number of rotatable bonds is 5. The minimum absolute atomic E-state index is 0.430. The smallest absolute Gasteiger partial charge is 0.214 e. The third-order valence-corrected chi connectivity index (χ3v) is 5.06. The molecule has 0 spiro atoms. The summed E-state index contributed by atoms with van der Waals surface area (Å²) >= 11 is 7.70. The molecule has 1 aromatic heterocycles. The largest absolute Gasteiger partial charge is 0.330 e. The Morgan fingerprint density at radius 3 is 2.90 bits per heavy atom. The van der Waals surface area contributed by atoms with Gasteiger partial charge in [-0.05, 0) is 65.7 Å². The lowest BCUT2D eigenvalue weighted by Gasteiger charge is -2.12. The zero-order valence-electron chi connectivity index (χ0n) is 11.7. The highest BCUT2D eigenvalue weighted by Crippen LogP contribution is 2.35. The molecule has 112 valence electrons. The van der Waals surface area contributed by atoms with Gasteiger partial charge in [-0.3, -0.25) is 0 Å². The molecule has 0 radical (unpaired) electrons. The first-order valence-electron chi connectivity index (χ1n) is 7.22. The fourth-order valence-corrected chi connectivity index (χ4v) is 3.99. The van der Waals surface area contributed by atoms with Crippen molar-refractivity contribution >= 4 is 23.4 Å². The Labute approximate surface area is 133 Å². The maximum atomic E-state index is 6.12. The van der Waals surface area contributed by atoms with E-state index in [2.05, 4.69) is 15.5 Å². The average Bonchev–Trinajstić information content (AvgIpc) is 3.12. The van der Waals surface area contributed by atoms with Gasteiger partial charge in [0.25, 0.3) is 0 Å². The van der Waals surface area contributed by atoms with Crippen LogP contribution in [-0.4, -0.2) is 26.8 Å². The molecule has 1 aliphatic carbocycles. The molecule has 1 fully saturated rings. The minimum atomic E-state index is 0.430. The van der Waals surface area contributed by atoms with Gasteiger partial charge in [0.15, 0.2) is 0 Å². The Morgan fingerprint density at radius 2 is 2.14 bits per heavy atom. The van der Waals surface area contributed by atoms with Crippen LogP contribution >= 0.6 is 23.4 Å². The summed E-state index contributed by atoms with van der Waals surface area (Å²) < 4.78 is 1.96. The second-order valence-corrected chi connectivity index (χ2v) is 6.68. The van der Waals surface area contributed by atoms with Crippen molar-refractivity contribution in [3.05, 3.63) is 28.8 Å². The molecule has 3 rings (SSSR count). The fourth-order valence-electron chi connectivity index (χ4n) is 2.71. The highest BCUT2D eigenvalue weighted by molar-refractivity contribution is 7.99. The SMILES string of the molecule is NCCc1ccc(Cl)cc1Sc1nnnn1C1CCCC1. The summed E-state index contributed by atoms with van der Waals surface area (Å²) in [5.74, 6) is 0. The van der Waals surface area contributed by atoms with E-state index in [9.17, 15) is 0 Å². The number of hydrogen-bond acceptors (Lipinski definition) is 5. The van der Waals surface area contributed by atoms with Crippen LogP contribution < -0.4 is 5.73 Å². The number of nitrogens with two attached hydrogens (primary N) is 1. The van der Waals surface area contributed by atoms with E-state index in [0.29, 0.717) is 12.6 Å². The molecular formula is C14H18ClN5S. The number of nitrogens with zero attached hydrogens (tertiary/aromatic N) is 4.